The van der Waals surface area contributed by atoms with Gasteiger partial charge in [-0.2, -0.15) is 4.39 Å². The van der Waals surface area contributed by atoms with Crippen molar-refractivity contribution < 1.29 is 17.9 Å². The molecule has 1 nitrogen and oxygen atoms in total. The predicted molar refractivity (Wildman–Crippen MR) is 103 cm³/mol. The Balaban J connectivity index is 1.71. The van der Waals surface area contributed by atoms with Gasteiger partial charge in [-0.05, 0) is 67.7 Å². The van der Waals surface area contributed by atoms with Crippen molar-refractivity contribution in [3.63, 3.8) is 0 Å². The van der Waals surface area contributed by atoms with Crippen LogP contribution < -0.4 is 4.74 Å². The maximum Gasteiger partial charge on any atom is 0.201 e. The van der Waals surface area contributed by atoms with Crippen LogP contribution in [-0.2, 0) is 0 Å². The van der Waals surface area contributed by atoms with E-state index in [0.717, 1.165) is 25.7 Å². The summed E-state index contributed by atoms with van der Waals surface area (Å²) in [6.45, 7) is 1.62. The third-order valence-electron chi connectivity index (χ3n) is 5.31. The number of ether oxygens (including phenoxy) is 1. The number of hydrogen-bond donors (Lipinski definition) is 0. The predicted octanol–water partition coefficient (Wildman–Crippen LogP) is 6.83. The molecule has 2 aromatic rings. The van der Waals surface area contributed by atoms with Crippen LogP contribution >= 0.6 is 0 Å². The highest BCUT2D eigenvalue weighted by molar-refractivity contribution is 5.65. The Bertz CT molecular complexity index is 775. The van der Waals surface area contributed by atoms with Crippen LogP contribution in [0.5, 0.6) is 5.75 Å². The zero-order valence-corrected chi connectivity index (χ0v) is 15.6. The molecule has 0 heterocycles. The molecule has 1 fully saturated rings. The van der Waals surface area contributed by atoms with E-state index in [1.807, 2.05) is 30.3 Å². The van der Waals surface area contributed by atoms with Gasteiger partial charge in [-0.15, -0.1) is 0 Å². The summed E-state index contributed by atoms with van der Waals surface area (Å²) in [6, 6.07) is 10.7. The van der Waals surface area contributed by atoms with Crippen molar-refractivity contribution in [1.29, 1.82) is 0 Å². The second kappa shape index (κ2) is 9.12. The molecular formula is C23H25F3O. The molecule has 2 aromatic carbocycles. The zero-order chi connectivity index (χ0) is 19.2. The number of benzene rings is 2. The van der Waals surface area contributed by atoms with Crippen LogP contribution in [0.2, 0.25) is 0 Å². The third kappa shape index (κ3) is 4.55. The quantitative estimate of drug-likeness (QED) is 0.504. The number of halogens is 3. The highest BCUT2D eigenvalue weighted by atomic mass is 19.2. The Kier molecular flexibility index (Phi) is 6.59. The van der Waals surface area contributed by atoms with E-state index >= 15 is 0 Å². The molecule has 27 heavy (non-hydrogen) atoms. The van der Waals surface area contributed by atoms with Gasteiger partial charge in [-0.1, -0.05) is 36.4 Å². The van der Waals surface area contributed by atoms with E-state index in [9.17, 15) is 13.2 Å². The fraction of sp³-hybridized carbons (Fsp3) is 0.391. The summed E-state index contributed by atoms with van der Waals surface area (Å²) in [5.74, 6) is -0.950. The molecule has 144 valence electrons. The Morgan fingerprint density at radius 3 is 2.30 bits per heavy atom. The van der Waals surface area contributed by atoms with Gasteiger partial charge in [0.2, 0.25) is 5.82 Å². The summed E-state index contributed by atoms with van der Waals surface area (Å²) in [5, 5.41) is 0. The second-order valence-electron chi connectivity index (χ2n) is 6.99. The topological polar surface area (TPSA) is 9.23 Å². The van der Waals surface area contributed by atoms with Crippen molar-refractivity contribution >= 4 is 0 Å². The number of allylic oxidation sites excluding steroid dienone is 2. The summed E-state index contributed by atoms with van der Waals surface area (Å²) in [7, 11) is 0. The molecule has 0 radical (unpaired) electrons. The fourth-order valence-electron chi connectivity index (χ4n) is 3.85. The number of rotatable bonds is 6. The Labute approximate surface area is 158 Å². The zero-order valence-electron chi connectivity index (χ0n) is 15.6. The molecule has 0 N–H and O–H groups in total. The molecule has 0 saturated heterocycles. The highest BCUT2D eigenvalue weighted by Gasteiger charge is 2.21. The van der Waals surface area contributed by atoms with Crippen molar-refractivity contribution in [2.45, 2.75) is 38.5 Å². The Morgan fingerprint density at radius 1 is 0.963 bits per heavy atom. The van der Waals surface area contributed by atoms with Gasteiger partial charge >= 0.3 is 0 Å². The minimum Gasteiger partial charge on any atom is -0.491 e. The molecule has 3 rings (SSSR count). The summed E-state index contributed by atoms with van der Waals surface area (Å²) >= 11 is 0. The minimum absolute atomic E-state index is 0.0612. The van der Waals surface area contributed by atoms with Crippen molar-refractivity contribution in [2.24, 2.45) is 5.92 Å². The van der Waals surface area contributed by atoms with E-state index < -0.39 is 18.3 Å². The maximum atomic E-state index is 14.4. The summed E-state index contributed by atoms with van der Waals surface area (Å²) in [6.07, 6.45) is 7.83. The lowest BCUT2D eigenvalue weighted by Crippen LogP contribution is -2.11. The summed E-state index contributed by atoms with van der Waals surface area (Å²) < 4.78 is 45.8. The molecule has 1 saturated carbocycles. The first-order chi connectivity index (χ1) is 13.1. The van der Waals surface area contributed by atoms with Gasteiger partial charge < -0.3 is 4.74 Å². The average molecular weight is 374 g/mol. The summed E-state index contributed by atoms with van der Waals surface area (Å²) in [4.78, 5) is 0. The first kappa shape index (κ1) is 19.5. The first-order valence-electron chi connectivity index (χ1n) is 9.57. The van der Waals surface area contributed by atoms with Gasteiger partial charge in [0.1, 0.15) is 6.67 Å². The third-order valence-corrected chi connectivity index (χ3v) is 5.31. The van der Waals surface area contributed by atoms with Crippen LogP contribution in [0.25, 0.3) is 11.1 Å². The van der Waals surface area contributed by atoms with E-state index in [-0.39, 0.29) is 17.9 Å². The van der Waals surface area contributed by atoms with Gasteiger partial charge in [-0.3, -0.25) is 0 Å². The molecule has 0 unspecified atom stereocenters. The van der Waals surface area contributed by atoms with E-state index in [1.54, 1.807) is 19.1 Å². The van der Waals surface area contributed by atoms with Crippen molar-refractivity contribution in [2.75, 3.05) is 13.3 Å². The molecule has 0 amide bonds. The van der Waals surface area contributed by atoms with Crippen LogP contribution in [0, 0.1) is 17.6 Å². The molecule has 0 aromatic heterocycles. The lowest BCUT2D eigenvalue weighted by atomic mass is 9.78. The molecule has 0 aliphatic heterocycles. The standard InChI is InChI=1S/C23H25F3O/c1-2-27-21-14-13-20(22(25)23(21)26)19-11-9-18(10-12-19)17-7-5-16(6-8-17)4-3-15-24/h3-4,9-14,16-17H,2,5-8,15H2,1H3. The second-order valence-corrected chi connectivity index (χ2v) is 6.99. The number of alkyl halides is 1. The first-order valence-corrected chi connectivity index (χ1v) is 9.57. The lowest BCUT2D eigenvalue weighted by molar-refractivity contribution is 0.314. The van der Waals surface area contributed by atoms with E-state index in [1.165, 1.54) is 11.6 Å². The van der Waals surface area contributed by atoms with Crippen LogP contribution in [0.15, 0.2) is 48.6 Å². The molecule has 0 spiro atoms. The van der Waals surface area contributed by atoms with Crippen LogP contribution in [0.1, 0.15) is 44.1 Å². The Morgan fingerprint density at radius 2 is 1.67 bits per heavy atom. The van der Waals surface area contributed by atoms with Gasteiger partial charge in [-0.25, -0.2) is 8.78 Å². The molecule has 0 atom stereocenters. The van der Waals surface area contributed by atoms with Gasteiger partial charge in [0, 0.05) is 5.56 Å². The Hall–Kier alpha value is -2.23. The molecule has 1 aliphatic rings. The van der Waals surface area contributed by atoms with E-state index in [0.29, 0.717) is 17.4 Å². The van der Waals surface area contributed by atoms with Gasteiger partial charge in [0.15, 0.2) is 11.6 Å². The highest BCUT2D eigenvalue weighted by Crippen LogP contribution is 2.37. The maximum absolute atomic E-state index is 14.4. The van der Waals surface area contributed by atoms with Crippen molar-refractivity contribution in [3.05, 3.63) is 65.7 Å². The average Bonchev–Trinajstić information content (AvgIpc) is 2.71. The molecule has 4 heteroatoms. The molecule has 1 aliphatic carbocycles. The fourth-order valence-corrected chi connectivity index (χ4v) is 3.85. The van der Waals surface area contributed by atoms with Gasteiger partial charge in [0.25, 0.3) is 0 Å². The normalized spacial score (nSPS) is 20.1. The van der Waals surface area contributed by atoms with Crippen LogP contribution in [0.4, 0.5) is 13.2 Å². The van der Waals surface area contributed by atoms with Crippen LogP contribution in [-0.4, -0.2) is 13.3 Å². The SMILES string of the molecule is CCOc1ccc(-c2ccc(C3CCC(C=CCF)CC3)cc2)c(F)c1F. The van der Waals surface area contributed by atoms with Crippen molar-refractivity contribution in [3.8, 4) is 16.9 Å². The number of hydrogen-bond acceptors (Lipinski definition) is 1. The van der Waals surface area contributed by atoms with Crippen molar-refractivity contribution in [1.82, 2.24) is 0 Å². The molecular weight excluding hydrogens is 349 g/mol. The smallest absolute Gasteiger partial charge is 0.201 e. The van der Waals surface area contributed by atoms with E-state index in [2.05, 4.69) is 0 Å². The largest absolute Gasteiger partial charge is 0.491 e. The summed E-state index contributed by atoms with van der Waals surface area (Å²) in [5.41, 5.74) is 2.11. The monoisotopic (exact) mass is 374 g/mol. The van der Waals surface area contributed by atoms with Gasteiger partial charge in [0.05, 0.1) is 6.61 Å². The molecule has 0 bridgehead atoms. The lowest BCUT2D eigenvalue weighted by Gasteiger charge is -2.27. The minimum atomic E-state index is -0.946. The van der Waals surface area contributed by atoms with Crippen LogP contribution in [0.3, 0.4) is 0 Å². The van der Waals surface area contributed by atoms with E-state index in [4.69, 9.17) is 4.74 Å².